The van der Waals surface area contributed by atoms with Crippen molar-refractivity contribution in [3.8, 4) is 0 Å². The maximum atomic E-state index is 14.0. The zero-order valence-electron chi connectivity index (χ0n) is 22.9. The van der Waals surface area contributed by atoms with E-state index >= 15 is 0 Å². The zero-order chi connectivity index (χ0) is 28.3. The minimum atomic E-state index is -0.678. The van der Waals surface area contributed by atoms with Crippen molar-refractivity contribution in [3.63, 3.8) is 0 Å². The van der Waals surface area contributed by atoms with Crippen molar-refractivity contribution in [2.45, 2.75) is 31.7 Å². The van der Waals surface area contributed by atoms with E-state index in [4.69, 9.17) is 0 Å². The first-order valence-electron chi connectivity index (χ1n) is 13.8. The van der Waals surface area contributed by atoms with E-state index in [0.717, 1.165) is 27.6 Å². The molecule has 0 radical (unpaired) electrons. The molecule has 0 bridgehead atoms. The molecule has 2 fully saturated rings. The summed E-state index contributed by atoms with van der Waals surface area (Å²) in [5.41, 5.74) is 3.81. The molecule has 4 amide bonds. The lowest BCUT2D eigenvalue weighted by atomic mass is 9.99. The Hall–Kier alpha value is -4.76. The van der Waals surface area contributed by atoms with Gasteiger partial charge in [0.05, 0.1) is 18.6 Å². The number of para-hydroxylation sites is 1. The second-order valence-electron chi connectivity index (χ2n) is 10.5. The Kier molecular flexibility index (Phi) is 7.35. The monoisotopic (exact) mass is 548 g/mol. The summed E-state index contributed by atoms with van der Waals surface area (Å²) in [4.78, 5) is 48.6. The van der Waals surface area contributed by atoms with Gasteiger partial charge in [0.2, 0.25) is 11.8 Å². The summed E-state index contributed by atoms with van der Waals surface area (Å²) in [6.45, 7) is 1.05. The van der Waals surface area contributed by atoms with Crippen molar-refractivity contribution in [2.75, 3.05) is 20.1 Å². The predicted octanol–water partition coefficient (Wildman–Crippen LogP) is 3.42. The van der Waals surface area contributed by atoms with Gasteiger partial charge in [-0.25, -0.2) is 4.79 Å². The number of carbonyl (C=O) groups is 3. The molecule has 1 N–H and O–H groups in total. The van der Waals surface area contributed by atoms with E-state index in [-0.39, 0.29) is 30.9 Å². The van der Waals surface area contributed by atoms with Crippen LogP contribution in [0.1, 0.15) is 16.7 Å². The molecular weight excluding hydrogens is 516 g/mol. The van der Waals surface area contributed by atoms with Crippen LogP contribution in [0.2, 0.25) is 0 Å². The number of hydrazine groups is 1. The molecule has 0 saturated carbocycles. The number of benzene rings is 3. The van der Waals surface area contributed by atoms with Crippen molar-refractivity contribution in [1.29, 1.82) is 0 Å². The number of pyridine rings is 1. The van der Waals surface area contributed by atoms with Crippen molar-refractivity contribution in [3.05, 3.63) is 114 Å². The molecule has 0 unspecified atom stereocenters. The van der Waals surface area contributed by atoms with E-state index in [2.05, 4.69) is 10.3 Å². The molecule has 1 aromatic heterocycles. The number of carbonyl (C=O) groups excluding carboxylic acids is 3. The smallest absolute Gasteiger partial charge is 0.332 e. The maximum absolute atomic E-state index is 14.0. The standard InChI is InChI=1S/C32H32N6O3/c1-35(32(41)34-19-24-12-6-3-7-13-24)37-22-30(39)38-28(18-23-10-4-2-5-11-23)31(40)36(21-29(37)38)20-25-16-17-33-27-15-9-8-14-26(25)27/h2-17,28-29H,18-22H2,1H3,(H,34,41)/t28-,29+/m0/s1. The van der Waals surface area contributed by atoms with Crippen LogP contribution in [0.5, 0.6) is 0 Å². The lowest BCUT2D eigenvalue weighted by molar-refractivity contribution is -0.157. The summed E-state index contributed by atoms with van der Waals surface area (Å²) in [6, 6.07) is 28.2. The highest BCUT2D eigenvalue weighted by atomic mass is 16.2. The molecule has 2 saturated heterocycles. The van der Waals surface area contributed by atoms with Crippen molar-refractivity contribution in [1.82, 2.24) is 30.1 Å². The average molecular weight is 549 g/mol. The van der Waals surface area contributed by atoms with Crippen LogP contribution < -0.4 is 5.32 Å². The number of nitrogens with one attached hydrogen (secondary N) is 1. The molecule has 41 heavy (non-hydrogen) atoms. The Morgan fingerprint density at radius 1 is 0.927 bits per heavy atom. The molecule has 9 heteroatoms. The molecule has 3 heterocycles. The fourth-order valence-electron chi connectivity index (χ4n) is 5.79. The molecule has 2 aliphatic heterocycles. The zero-order valence-corrected chi connectivity index (χ0v) is 22.9. The topological polar surface area (TPSA) is 89.1 Å². The fourth-order valence-corrected chi connectivity index (χ4v) is 5.79. The van der Waals surface area contributed by atoms with Crippen LogP contribution in [-0.4, -0.2) is 75.0 Å². The molecule has 0 aliphatic carbocycles. The number of hydrogen-bond acceptors (Lipinski definition) is 5. The third kappa shape index (κ3) is 5.36. The first kappa shape index (κ1) is 26.5. The van der Waals surface area contributed by atoms with Crippen LogP contribution in [0.15, 0.2) is 97.2 Å². The lowest BCUT2D eigenvalue weighted by Crippen LogP contribution is -2.65. The minimum absolute atomic E-state index is 0.0184. The predicted molar refractivity (Wildman–Crippen MR) is 155 cm³/mol. The Bertz CT molecular complexity index is 1560. The summed E-state index contributed by atoms with van der Waals surface area (Å²) in [5.74, 6) is -0.265. The van der Waals surface area contributed by atoms with Gasteiger partial charge in [-0.15, -0.1) is 0 Å². The van der Waals surface area contributed by atoms with Crippen LogP contribution in [0.3, 0.4) is 0 Å². The van der Waals surface area contributed by atoms with Gasteiger partial charge in [-0.05, 0) is 28.8 Å². The van der Waals surface area contributed by atoms with Crippen LogP contribution in [0.4, 0.5) is 4.79 Å². The Balaban J connectivity index is 1.28. The van der Waals surface area contributed by atoms with Gasteiger partial charge in [0.1, 0.15) is 12.2 Å². The normalized spacial score (nSPS) is 19.0. The van der Waals surface area contributed by atoms with Crippen molar-refractivity contribution < 1.29 is 14.4 Å². The third-order valence-electron chi connectivity index (χ3n) is 7.90. The second-order valence-corrected chi connectivity index (χ2v) is 10.5. The number of aromatic nitrogens is 1. The molecule has 3 aromatic carbocycles. The van der Waals surface area contributed by atoms with E-state index in [1.54, 1.807) is 23.2 Å². The van der Waals surface area contributed by atoms with Crippen LogP contribution in [0.25, 0.3) is 10.9 Å². The van der Waals surface area contributed by atoms with E-state index in [1.807, 2.05) is 95.9 Å². The lowest BCUT2D eigenvalue weighted by Gasteiger charge is -2.45. The molecule has 2 atom stereocenters. The summed E-state index contributed by atoms with van der Waals surface area (Å²) in [5, 5.41) is 7.17. The Morgan fingerprint density at radius 3 is 2.37 bits per heavy atom. The highest BCUT2D eigenvalue weighted by Gasteiger charge is 2.51. The molecule has 9 nitrogen and oxygen atoms in total. The minimum Gasteiger partial charge on any atom is -0.333 e. The summed E-state index contributed by atoms with van der Waals surface area (Å²) >= 11 is 0. The average Bonchev–Trinajstić information content (AvgIpc) is 3.34. The fraction of sp³-hybridized carbons (Fsp3) is 0.250. The van der Waals surface area contributed by atoms with Gasteiger partial charge in [-0.1, -0.05) is 78.9 Å². The van der Waals surface area contributed by atoms with Crippen LogP contribution in [-0.2, 0) is 29.1 Å². The van der Waals surface area contributed by atoms with Gasteiger partial charge in [0.25, 0.3) is 0 Å². The number of rotatable bonds is 7. The van der Waals surface area contributed by atoms with Gasteiger partial charge >= 0.3 is 6.03 Å². The van der Waals surface area contributed by atoms with Gasteiger partial charge in [0.15, 0.2) is 0 Å². The largest absolute Gasteiger partial charge is 0.333 e. The van der Waals surface area contributed by atoms with Gasteiger partial charge in [-0.3, -0.25) is 19.6 Å². The van der Waals surface area contributed by atoms with Gasteiger partial charge in [-0.2, -0.15) is 5.01 Å². The molecule has 208 valence electrons. The first-order valence-corrected chi connectivity index (χ1v) is 13.8. The summed E-state index contributed by atoms with van der Waals surface area (Å²) in [7, 11) is 1.67. The van der Waals surface area contributed by atoms with Crippen molar-refractivity contribution >= 4 is 28.7 Å². The number of piperazine rings is 1. The Morgan fingerprint density at radius 2 is 1.61 bits per heavy atom. The molecular formula is C32H32N6O3. The molecule has 6 rings (SSSR count). The third-order valence-corrected chi connectivity index (χ3v) is 7.90. The van der Waals surface area contributed by atoms with Crippen molar-refractivity contribution in [2.24, 2.45) is 0 Å². The second kappa shape index (κ2) is 11.4. The van der Waals surface area contributed by atoms with E-state index in [0.29, 0.717) is 19.5 Å². The molecule has 2 aliphatic rings. The SMILES string of the molecule is CN(C(=O)NCc1ccccc1)N1CC(=O)N2[C@@H](Cc3ccccc3)C(=O)N(Cc3ccnc4ccccc34)C[C@@H]21. The van der Waals surface area contributed by atoms with Crippen LogP contribution >= 0.6 is 0 Å². The van der Waals surface area contributed by atoms with Gasteiger partial charge in [0, 0.05) is 38.1 Å². The quantitative estimate of drug-likeness (QED) is 0.382. The van der Waals surface area contributed by atoms with Gasteiger partial charge < -0.3 is 15.1 Å². The van der Waals surface area contributed by atoms with E-state index in [1.165, 1.54) is 5.01 Å². The first-order chi connectivity index (χ1) is 20.0. The Labute approximate surface area is 238 Å². The number of fused-ring (bicyclic) bond motifs is 2. The summed E-state index contributed by atoms with van der Waals surface area (Å²) in [6.07, 6.45) is 1.68. The number of hydrogen-bond donors (Lipinski definition) is 1. The highest BCUT2D eigenvalue weighted by molar-refractivity contribution is 5.92. The molecule has 4 aromatic rings. The van der Waals surface area contributed by atoms with E-state index < -0.39 is 12.2 Å². The number of amides is 4. The molecule has 0 spiro atoms. The number of urea groups is 1. The highest BCUT2D eigenvalue weighted by Crippen LogP contribution is 2.30. The van der Waals surface area contributed by atoms with E-state index in [9.17, 15) is 14.4 Å². The number of nitrogens with zero attached hydrogens (tertiary/aromatic N) is 5. The summed E-state index contributed by atoms with van der Waals surface area (Å²) < 4.78 is 0. The maximum Gasteiger partial charge on any atom is 0.332 e. The van der Waals surface area contributed by atoms with Crippen LogP contribution in [0, 0.1) is 0 Å².